The molecule has 1 heterocycles. The van der Waals surface area contributed by atoms with Crippen LogP contribution < -0.4 is 9.46 Å². The molecule has 0 radical (unpaired) electrons. The van der Waals surface area contributed by atoms with E-state index in [4.69, 9.17) is 9.84 Å². The highest BCUT2D eigenvalue weighted by Gasteiger charge is 2.13. The molecule has 10 heteroatoms. The van der Waals surface area contributed by atoms with Crippen molar-refractivity contribution in [3.8, 4) is 22.9 Å². The van der Waals surface area contributed by atoms with Crippen molar-refractivity contribution in [3.63, 3.8) is 0 Å². The maximum absolute atomic E-state index is 12.5. The van der Waals surface area contributed by atoms with E-state index in [1.165, 1.54) is 18.2 Å². The lowest BCUT2D eigenvalue weighted by Gasteiger charge is -2.10. The van der Waals surface area contributed by atoms with Crippen LogP contribution in [0.5, 0.6) is 11.5 Å². The van der Waals surface area contributed by atoms with Crippen molar-refractivity contribution in [2.45, 2.75) is 12.4 Å². The molecule has 0 fully saturated rings. The molecule has 178 valence electrons. The Labute approximate surface area is 201 Å². The van der Waals surface area contributed by atoms with E-state index in [1.54, 1.807) is 60.9 Å². The van der Waals surface area contributed by atoms with E-state index in [2.05, 4.69) is 14.7 Å². The summed E-state index contributed by atoms with van der Waals surface area (Å²) in [6.07, 6.45) is 3.13. The second-order valence-electron chi connectivity index (χ2n) is 7.62. The number of ether oxygens (including phenoxy) is 1. The van der Waals surface area contributed by atoms with Gasteiger partial charge in [-0.05, 0) is 35.9 Å². The quantitative estimate of drug-likeness (QED) is 0.318. The monoisotopic (exact) mass is 491 g/mol. The van der Waals surface area contributed by atoms with Gasteiger partial charge in [0.15, 0.2) is 5.82 Å². The topological polar surface area (TPSA) is 139 Å². The first-order chi connectivity index (χ1) is 16.8. The summed E-state index contributed by atoms with van der Waals surface area (Å²) in [4.78, 5) is 19.8. The van der Waals surface area contributed by atoms with E-state index in [0.29, 0.717) is 28.2 Å². The molecule has 0 aliphatic rings. The number of rotatable bonds is 9. The lowest BCUT2D eigenvalue weighted by Crippen LogP contribution is -2.15. The van der Waals surface area contributed by atoms with E-state index < -0.39 is 16.0 Å². The first kappa shape index (κ1) is 23.7. The minimum absolute atomic E-state index is 0.0867. The van der Waals surface area contributed by atoms with Crippen molar-refractivity contribution in [1.29, 1.82) is 0 Å². The van der Waals surface area contributed by atoms with Crippen LogP contribution in [0.4, 0.5) is 5.69 Å². The maximum Gasteiger partial charge on any atom is 0.339 e. The van der Waals surface area contributed by atoms with Gasteiger partial charge in [0, 0.05) is 29.2 Å². The lowest BCUT2D eigenvalue weighted by atomic mass is 10.2. The first-order valence-corrected chi connectivity index (χ1v) is 12.1. The molecule has 0 aliphatic carbocycles. The number of carboxylic acids is 1. The number of carbonyl (C=O) groups is 1. The largest absolute Gasteiger partial charge is 0.507 e. The summed E-state index contributed by atoms with van der Waals surface area (Å²) in [6, 6.07) is 19.6. The zero-order valence-electron chi connectivity index (χ0n) is 18.3. The smallest absolute Gasteiger partial charge is 0.339 e. The fourth-order valence-corrected chi connectivity index (χ4v) is 4.44. The fraction of sp³-hybridized carbons (Fsp3) is 0.0800. The molecule has 4 aromatic rings. The minimum Gasteiger partial charge on any atom is -0.507 e. The summed E-state index contributed by atoms with van der Waals surface area (Å²) in [6.45, 7) is 0.0867. The van der Waals surface area contributed by atoms with Crippen molar-refractivity contribution in [1.82, 2.24) is 9.97 Å². The van der Waals surface area contributed by atoms with Crippen molar-refractivity contribution < 1.29 is 28.2 Å². The number of anilines is 1. The second kappa shape index (κ2) is 10.2. The average Bonchev–Trinajstić information content (AvgIpc) is 2.84. The van der Waals surface area contributed by atoms with Gasteiger partial charge in [-0.3, -0.25) is 4.72 Å². The van der Waals surface area contributed by atoms with Gasteiger partial charge in [0.25, 0.3) is 0 Å². The van der Waals surface area contributed by atoms with E-state index in [-0.39, 0.29) is 29.4 Å². The number of benzene rings is 3. The normalized spacial score (nSPS) is 11.1. The Morgan fingerprint density at radius 1 is 0.914 bits per heavy atom. The SMILES string of the molecule is O=C(O)c1cc(OCc2cnc(-c3cccc(NS(=O)(=O)Cc4ccccc4)c3)nc2)ccc1O. The molecule has 0 aliphatic heterocycles. The van der Waals surface area contributed by atoms with Gasteiger partial charge >= 0.3 is 5.97 Å². The standard InChI is InChI=1S/C25H21N3O6S/c29-23-10-9-21(12-22(23)25(30)31)34-15-18-13-26-24(27-14-18)19-7-4-8-20(11-19)28-35(32,33)16-17-5-2-1-3-6-17/h1-14,28-29H,15-16H2,(H,30,31). The number of nitrogens with zero attached hydrogens (tertiary/aromatic N) is 2. The highest BCUT2D eigenvalue weighted by Crippen LogP contribution is 2.24. The zero-order chi connectivity index (χ0) is 24.8. The lowest BCUT2D eigenvalue weighted by molar-refractivity contribution is 0.0693. The molecular weight excluding hydrogens is 470 g/mol. The number of sulfonamides is 1. The van der Waals surface area contributed by atoms with Gasteiger partial charge < -0.3 is 14.9 Å². The summed E-state index contributed by atoms with van der Waals surface area (Å²) < 4.78 is 33.2. The van der Waals surface area contributed by atoms with Crippen molar-refractivity contribution in [3.05, 3.63) is 102 Å². The maximum atomic E-state index is 12.5. The van der Waals surface area contributed by atoms with Gasteiger partial charge in [-0.15, -0.1) is 0 Å². The molecule has 0 unspecified atom stereocenters. The molecule has 3 N–H and O–H groups in total. The molecule has 0 amide bonds. The first-order valence-electron chi connectivity index (χ1n) is 10.4. The molecule has 0 bridgehead atoms. The van der Waals surface area contributed by atoms with Crippen LogP contribution >= 0.6 is 0 Å². The Morgan fingerprint density at radius 2 is 1.66 bits per heavy atom. The number of aromatic nitrogens is 2. The highest BCUT2D eigenvalue weighted by atomic mass is 32.2. The number of phenols is 1. The number of hydrogen-bond donors (Lipinski definition) is 3. The summed E-state index contributed by atoms with van der Waals surface area (Å²) in [5.41, 5.74) is 2.09. The van der Waals surface area contributed by atoms with Crippen molar-refractivity contribution in [2.75, 3.05) is 4.72 Å². The molecular formula is C25H21N3O6S. The minimum atomic E-state index is -3.60. The van der Waals surface area contributed by atoms with Crippen LogP contribution in [-0.4, -0.2) is 34.6 Å². The van der Waals surface area contributed by atoms with Crippen molar-refractivity contribution >= 4 is 21.7 Å². The number of carboxylic acid groups (broad SMARTS) is 1. The van der Waals surface area contributed by atoms with Crippen LogP contribution in [0.25, 0.3) is 11.4 Å². The fourth-order valence-electron chi connectivity index (χ4n) is 3.25. The Kier molecular flexibility index (Phi) is 6.93. The van der Waals surface area contributed by atoms with E-state index in [0.717, 1.165) is 0 Å². The van der Waals surface area contributed by atoms with E-state index >= 15 is 0 Å². The Bertz CT molecular complexity index is 1440. The molecule has 0 atom stereocenters. The Morgan fingerprint density at radius 3 is 2.37 bits per heavy atom. The van der Waals surface area contributed by atoms with Crippen LogP contribution in [0.1, 0.15) is 21.5 Å². The third kappa shape index (κ3) is 6.33. The summed E-state index contributed by atoms with van der Waals surface area (Å²) >= 11 is 0. The molecule has 0 saturated heterocycles. The Hall–Kier alpha value is -4.44. The molecule has 1 aromatic heterocycles. The van der Waals surface area contributed by atoms with Gasteiger partial charge in [0.05, 0.1) is 5.75 Å². The second-order valence-corrected chi connectivity index (χ2v) is 9.34. The van der Waals surface area contributed by atoms with Crippen LogP contribution in [0.3, 0.4) is 0 Å². The summed E-state index contributed by atoms with van der Waals surface area (Å²) in [5.74, 6) is -1.07. The van der Waals surface area contributed by atoms with E-state index in [1.807, 2.05) is 6.07 Å². The van der Waals surface area contributed by atoms with Gasteiger partial charge in [0.2, 0.25) is 10.0 Å². The molecule has 3 aromatic carbocycles. The molecule has 0 saturated carbocycles. The van der Waals surface area contributed by atoms with Crippen LogP contribution in [0.15, 0.2) is 85.2 Å². The number of aromatic hydroxyl groups is 1. The van der Waals surface area contributed by atoms with Crippen molar-refractivity contribution in [2.24, 2.45) is 0 Å². The van der Waals surface area contributed by atoms with Crippen LogP contribution in [0.2, 0.25) is 0 Å². The zero-order valence-corrected chi connectivity index (χ0v) is 19.1. The van der Waals surface area contributed by atoms with Gasteiger partial charge in [-0.2, -0.15) is 0 Å². The third-order valence-corrected chi connectivity index (χ3v) is 6.16. The predicted octanol–water partition coefficient (Wildman–Crippen LogP) is 4.07. The summed E-state index contributed by atoms with van der Waals surface area (Å²) in [7, 11) is -3.60. The number of hydrogen-bond acceptors (Lipinski definition) is 7. The van der Waals surface area contributed by atoms with Crippen LogP contribution in [-0.2, 0) is 22.4 Å². The van der Waals surface area contributed by atoms with Crippen LogP contribution in [0, 0.1) is 0 Å². The number of nitrogens with one attached hydrogen (secondary N) is 1. The molecule has 9 nitrogen and oxygen atoms in total. The third-order valence-electron chi connectivity index (χ3n) is 4.90. The molecule has 0 spiro atoms. The van der Waals surface area contributed by atoms with Gasteiger partial charge in [-0.1, -0.05) is 42.5 Å². The summed E-state index contributed by atoms with van der Waals surface area (Å²) in [5, 5.41) is 18.7. The van der Waals surface area contributed by atoms with E-state index in [9.17, 15) is 18.3 Å². The molecule has 35 heavy (non-hydrogen) atoms. The highest BCUT2D eigenvalue weighted by molar-refractivity contribution is 7.91. The predicted molar refractivity (Wildman–Crippen MR) is 130 cm³/mol. The number of aromatic carboxylic acids is 1. The average molecular weight is 492 g/mol. The van der Waals surface area contributed by atoms with Gasteiger partial charge in [-0.25, -0.2) is 23.2 Å². The molecule has 4 rings (SSSR count). The van der Waals surface area contributed by atoms with Gasteiger partial charge in [0.1, 0.15) is 23.7 Å². The Balaban J connectivity index is 1.42.